The Kier molecular flexibility index (Phi) is 3.82. The first-order valence-corrected chi connectivity index (χ1v) is 11.3. The molecule has 0 fully saturated rings. The summed E-state index contributed by atoms with van der Waals surface area (Å²) in [6.45, 7) is 0. The number of hydrogen-bond acceptors (Lipinski definition) is 2. The lowest BCUT2D eigenvalue weighted by molar-refractivity contribution is 0.855. The molecule has 3 heteroatoms. The third-order valence-corrected chi connectivity index (χ3v) is 6.89. The van der Waals surface area contributed by atoms with E-state index in [1.54, 1.807) is 4.40 Å². The summed E-state index contributed by atoms with van der Waals surface area (Å²) in [5, 5.41) is 3.83. The third-order valence-electron chi connectivity index (χ3n) is 6.89. The second kappa shape index (κ2) is 6.88. The number of fused-ring (bicyclic) bond motifs is 4. The van der Waals surface area contributed by atoms with Crippen LogP contribution in [0.5, 0.6) is 0 Å². The topological polar surface area (TPSA) is 34.4 Å². The average Bonchev–Trinajstić information content (AvgIpc) is 3.27. The van der Waals surface area contributed by atoms with Crippen LogP contribution in [-0.2, 0) is 0 Å². The standard InChI is InChI=1S/C30H20N2O/c33-30-25-16-15-22(20-10-5-2-6-11-20)23-12-7-13-24(28(23)25)29-31-26-17-14-21(18-27(26)32(29)30)19-8-3-1-4-9-19/h1-8,10-19H,9H2. The Balaban J connectivity index is 1.57. The molecule has 0 saturated heterocycles. The van der Waals surface area contributed by atoms with Crippen molar-refractivity contribution in [3.05, 3.63) is 119 Å². The molecule has 4 aromatic carbocycles. The van der Waals surface area contributed by atoms with Crippen LogP contribution in [0.3, 0.4) is 0 Å². The fourth-order valence-corrected chi connectivity index (χ4v) is 5.30. The number of hydrogen-bond donors (Lipinski definition) is 0. The number of imidazole rings is 1. The normalized spacial score (nSPS) is 15.9. The Morgan fingerprint density at radius 1 is 0.818 bits per heavy atom. The first kappa shape index (κ1) is 18.3. The van der Waals surface area contributed by atoms with E-state index in [0.29, 0.717) is 5.92 Å². The maximum absolute atomic E-state index is 13.8. The predicted molar refractivity (Wildman–Crippen MR) is 136 cm³/mol. The van der Waals surface area contributed by atoms with Crippen LogP contribution in [0.1, 0.15) is 17.9 Å². The van der Waals surface area contributed by atoms with Crippen LogP contribution in [0.4, 0.5) is 0 Å². The van der Waals surface area contributed by atoms with Gasteiger partial charge >= 0.3 is 0 Å². The van der Waals surface area contributed by atoms with Crippen LogP contribution in [0.25, 0.3) is 49.4 Å². The van der Waals surface area contributed by atoms with Gasteiger partial charge in [-0.05, 0) is 46.7 Å². The Hall–Kier alpha value is -4.24. The van der Waals surface area contributed by atoms with Crippen molar-refractivity contribution in [1.82, 2.24) is 9.38 Å². The molecule has 2 heterocycles. The van der Waals surface area contributed by atoms with Crippen molar-refractivity contribution < 1.29 is 0 Å². The van der Waals surface area contributed by atoms with Crippen LogP contribution >= 0.6 is 0 Å². The summed E-state index contributed by atoms with van der Waals surface area (Å²) in [7, 11) is 0. The van der Waals surface area contributed by atoms with Gasteiger partial charge in [-0.25, -0.2) is 4.98 Å². The van der Waals surface area contributed by atoms with Crippen LogP contribution in [0.15, 0.2) is 108 Å². The summed E-state index contributed by atoms with van der Waals surface area (Å²) in [5.74, 6) is 0.327. The highest BCUT2D eigenvalue weighted by molar-refractivity contribution is 6.19. The second-order valence-corrected chi connectivity index (χ2v) is 8.73. The monoisotopic (exact) mass is 424 g/mol. The highest BCUT2D eigenvalue weighted by atomic mass is 16.1. The summed E-state index contributed by atoms with van der Waals surface area (Å²) in [6, 6.07) is 27.0. The number of rotatable bonds is 2. The van der Waals surface area contributed by atoms with E-state index in [1.165, 1.54) is 5.56 Å². The van der Waals surface area contributed by atoms with Gasteiger partial charge < -0.3 is 0 Å². The molecule has 3 nitrogen and oxygen atoms in total. The molecule has 0 amide bonds. The van der Waals surface area contributed by atoms with E-state index in [-0.39, 0.29) is 5.56 Å². The predicted octanol–water partition coefficient (Wildman–Crippen LogP) is 6.86. The molecule has 0 aliphatic heterocycles. The van der Waals surface area contributed by atoms with Crippen molar-refractivity contribution in [2.24, 2.45) is 0 Å². The number of allylic oxidation sites excluding steroid dienone is 4. The molecule has 1 aliphatic carbocycles. The van der Waals surface area contributed by atoms with Gasteiger partial charge in [0.2, 0.25) is 0 Å². The molecule has 156 valence electrons. The summed E-state index contributed by atoms with van der Waals surface area (Å²) in [4.78, 5) is 18.7. The van der Waals surface area contributed by atoms with Crippen LogP contribution in [0.2, 0.25) is 0 Å². The van der Waals surface area contributed by atoms with E-state index in [0.717, 1.165) is 55.8 Å². The lowest BCUT2D eigenvalue weighted by Crippen LogP contribution is -2.13. The Morgan fingerprint density at radius 3 is 2.55 bits per heavy atom. The maximum atomic E-state index is 13.8. The number of benzene rings is 4. The molecule has 6 aromatic rings. The maximum Gasteiger partial charge on any atom is 0.264 e. The molecular formula is C30H20N2O. The van der Waals surface area contributed by atoms with Gasteiger partial charge in [0.05, 0.1) is 11.0 Å². The fraction of sp³-hybridized carbons (Fsp3) is 0.0667. The molecule has 0 spiro atoms. The van der Waals surface area contributed by atoms with Gasteiger partial charge in [0.1, 0.15) is 5.65 Å². The Bertz CT molecular complexity index is 1810. The van der Waals surface area contributed by atoms with Gasteiger partial charge in [-0.15, -0.1) is 0 Å². The lowest BCUT2D eigenvalue weighted by Gasteiger charge is -2.13. The van der Waals surface area contributed by atoms with Crippen LogP contribution in [-0.4, -0.2) is 9.38 Å². The molecule has 1 aliphatic rings. The van der Waals surface area contributed by atoms with Crippen molar-refractivity contribution in [3.8, 4) is 11.1 Å². The zero-order chi connectivity index (χ0) is 21.9. The minimum Gasteiger partial charge on any atom is -0.268 e. The molecule has 1 atom stereocenters. The number of aromatic nitrogens is 2. The van der Waals surface area contributed by atoms with Crippen molar-refractivity contribution in [2.45, 2.75) is 12.3 Å². The number of nitrogens with zero attached hydrogens (tertiary/aromatic N) is 2. The number of pyridine rings is 1. The smallest absolute Gasteiger partial charge is 0.264 e. The van der Waals surface area contributed by atoms with Crippen molar-refractivity contribution >= 4 is 38.2 Å². The fourth-order valence-electron chi connectivity index (χ4n) is 5.30. The Morgan fingerprint density at radius 2 is 1.70 bits per heavy atom. The summed E-state index contributed by atoms with van der Waals surface area (Å²) in [6.07, 6.45) is 9.56. The van der Waals surface area contributed by atoms with E-state index >= 15 is 0 Å². The zero-order valence-electron chi connectivity index (χ0n) is 17.9. The molecule has 1 unspecified atom stereocenters. The van der Waals surface area contributed by atoms with E-state index in [9.17, 15) is 4.79 Å². The third kappa shape index (κ3) is 2.63. The van der Waals surface area contributed by atoms with Crippen molar-refractivity contribution in [2.75, 3.05) is 0 Å². The second-order valence-electron chi connectivity index (χ2n) is 8.73. The van der Waals surface area contributed by atoms with Gasteiger partial charge in [-0.2, -0.15) is 0 Å². The van der Waals surface area contributed by atoms with Crippen molar-refractivity contribution in [3.63, 3.8) is 0 Å². The zero-order valence-corrected chi connectivity index (χ0v) is 17.9. The van der Waals surface area contributed by atoms with E-state index in [4.69, 9.17) is 4.98 Å². The lowest BCUT2D eigenvalue weighted by atomic mass is 9.92. The Labute approximate surface area is 190 Å². The molecule has 33 heavy (non-hydrogen) atoms. The molecule has 0 bridgehead atoms. The van der Waals surface area contributed by atoms with E-state index in [1.807, 2.05) is 24.3 Å². The first-order chi connectivity index (χ1) is 16.3. The van der Waals surface area contributed by atoms with E-state index < -0.39 is 0 Å². The first-order valence-electron chi connectivity index (χ1n) is 11.3. The highest BCUT2D eigenvalue weighted by Gasteiger charge is 2.19. The molecule has 0 N–H and O–H groups in total. The average molecular weight is 425 g/mol. The van der Waals surface area contributed by atoms with Crippen molar-refractivity contribution in [1.29, 1.82) is 0 Å². The van der Waals surface area contributed by atoms with Gasteiger partial charge in [-0.3, -0.25) is 9.20 Å². The quantitative estimate of drug-likeness (QED) is 0.304. The SMILES string of the molecule is O=c1c2ccc(-c3ccccc3)c3cccc(c32)c2nc3ccc(C4C=CC=CC4)cc3n12. The van der Waals surface area contributed by atoms with Gasteiger partial charge in [0, 0.05) is 22.1 Å². The molecule has 0 radical (unpaired) electrons. The minimum atomic E-state index is -0.00737. The van der Waals surface area contributed by atoms with Crippen LogP contribution in [0, 0.1) is 0 Å². The largest absolute Gasteiger partial charge is 0.268 e. The molecule has 0 saturated carbocycles. The molecule has 7 rings (SSSR count). The molecule has 2 aromatic heterocycles. The summed E-state index contributed by atoms with van der Waals surface area (Å²) < 4.78 is 1.81. The highest BCUT2D eigenvalue weighted by Crippen LogP contribution is 2.36. The van der Waals surface area contributed by atoms with E-state index in [2.05, 4.69) is 78.9 Å². The molecular weight excluding hydrogens is 404 g/mol. The van der Waals surface area contributed by atoms with Crippen LogP contribution < -0.4 is 5.56 Å². The minimum absolute atomic E-state index is 0.00737. The summed E-state index contributed by atoms with van der Waals surface area (Å²) in [5.41, 5.74) is 5.94. The summed E-state index contributed by atoms with van der Waals surface area (Å²) >= 11 is 0. The van der Waals surface area contributed by atoms with Gasteiger partial charge in [0.25, 0.3) is 5.56 Å². The van der Waals surface area contributed by atoms with Gasteiger partial charge in [0.15, 0.2) is 0 Å². The van der Waals surface area contributed by atoms with Gasteiger partial charge in [-0.1, -0.05) is 85.0 Å².